The van der Waals surface area contributed by atoms with Gasteiger partial charge in [-0.2, -0.15) is 0 Å². The van der Waals surface area contributed by atoms with E-state index in [1.54, 1.807) is 6.20 Å². The van der Waals surface area contributed by atoms with Crippen LogP contribution in [0.2, 0.25) is 0 Å². The van der Waals surface area contributed by atoms with Gasteiger partial charge in [0.2, 0.25) is 0 Å². The van der Waals surface area contributed by atoms with Gasteiger partial charge in [0.05, 0.1) is 0 Å². The Kier molecular flexibility index (Phi) is 3.63. The van der Waals surface area contributed by atoms with Crippen LogP contribution in [0.1, 0.15) is 11.3 Å². The van der Waals surface area contributed by atoms with Crippen LogP contribution < -0.4 is 9.09 Å². The number of rotatable bonds is 3. The van der Waals surface area contributed by atoms with E-state index >= 15 is 0 Å². The Morgan fingerprint density at radius 3 is 2.88 bits per heavy atom. The van der Waals surface area contributed by atoms with Gasteiger partial charge in [-0.15, -0.1) is 0 Å². The van der Waals surface area contributed by atoms with Gasteiger partial charge in [0, 0.05) is 0 Å². The summed E-state index contributed by atoms with van der Waals surface area (Å²) in [5.74, 6) is 0.920. The quantitative estimate of drug-likeness (QED) is 0.795. The molecule has 0 amide bonds. The molecule has 2 nitrogen and oxygen atoms in total. The first kappa shape index (κ1) is 11.2. The third-order valence-corrected chi connectivity index (χ3v) is 2.86. The zero-order chi connectivity index (χ0) is 11.4. The molecule has 0 N–H and O–H groups in total. The third kappa shape index (κ3) is 2.86. The van der Waals surface area contributed by atoms with E-state index in [1.807, 2.05) is 31.2 Å². The number of aryl methyl sites for hydroxylation is 1. The summed E-state index contributed by atoms with van der Waals surface area (Å²) in [5, 5.41) is 0. The van der Waals surface area contributed by atoms with Crippen LogP contribution >= 0.6 is 0 Å². The van der Waals surface area contributed by atoms with Gasteiger partial charge in [-0.3, -0.25) is 0 Å². The Balaban J connectivity index is 2.08. The Labute approximate surface area is 104 Å². The molecule has 0 fully saturated rings. The molecule has 0 saturated carbocycles. The Morgan fingerprint density at radius 1 is 1.25 bits per heavy atom. The fraction of sp³-hybridized carbons (Fsp3) is 0.154. The van der Waals surface area contributed by atoms with Crippen molar-refractivity contribution in [2.45, 2.75) is 13.5 Å². The van der Waals surface area contributed by atoms with Crippen molar-refractivity contribution >= 4 is 21.2 Å². The number of aromatic nitrogens is 1. The second-order valence-electron chi connectivity index (χ2n) is 3.56. The van der Waals surface area contributed by atoms with Gasteiger partial charge in [0.25, 0.3) is 0 Å². The van der Waals surface area contributed by atoms with Crippen LogP contribution in [-0.4, -0.2) is 21.8 Å². The number of hydrogen-bond donors (Lipinski definition) is 0. The monoisotopic (exact) mass is 273 g/mol. The molecule has 2 rings (SSSR count). The van der Waals surface area contributed by atoms with E-state index in [0.717, 1.165) is 21.4 Å². The van der Waals surface area contributed by atoms with Gasteiger partial charge < -0.3 is 0 Å². The first-order valence-electron chi connectivity index (χ1n) is 5.08. The van der Waals surface area contributed by atoms with Crippen LogP contribution in [0.3, 0.4) is 0 Å². The molecule has 1 heterocycles. The summed E-state index contributed by atoms with van der Waals surface area (Å²) in [5.41, 5.74) is 2.09. The molecular formula is C13H12AsNO. The summed E-state index contributed by atoms with van der Waals surface area (Å²) in [6.07, 6.45) is 1.78. The van der Waals surface area contributed by atoms with Gasteiger partial charge >= 0.3 is 104 Å². The van der Waals surface area contributed by atoms with E-state index in [9.17, 15) is 0 Å². The first-order valence-corrected chi connectivity index (χ1v) is 6.02. The van der Waals surface area contributed by atoms with Gasteiger partial charge in [-0.1, -0.05) is 0 Å². The maximum absolute atomic E-state index is 5.73. The Hall–Kier alpha value is -1.27. The molecule has 0 atom stereocenters. The molecule has 0 aliphatic heterocycles. The van der Waals surface area contributed by atoms with Crippen molar-refractivity contribution < 1.29 is 4.74 Å². The van der Waals surface area contributed by atoms with Crippen LogP contribution in [0.25, 0.3) is 0 Å². The number of ether oxygens (including phenoxy) is 1. The molecule has 0 bridgehead atoms. The van der Waals surface area contributed by atoms with Crippen LogP contribution in [-0.2, 0) is 6.61 Å². The SMILES string of the molecule is Cc1ccc([As])cc1OCc1ccccn1. The van der Waals surface area contributed by atoms with E-state index in [0.29, 0.717) is 6.61 Å². The molecule has 0 spiro atoms. The van der Waals surface area contributed by atoms with Crippen LogP contribution in [0.5, 0.6) is 5.75 Å². The van der Waals surface area contributed by atoms with E-state index in [-0.39, 0.29) is 0 Å². The average Bonchev–Trinajstić information content (AvgIpc) is 2.32. The van der Waals surface area contributed by atoms with Crippen LogP contribution in [0, 0.1) is 6.92 Å². The molecule has 2 radical (unpaired) electrons. The number of benzene rings is 1. The minimum absolute atomic E-state index is 0.512. The maximum atomic E-state index is 5.73. The Morgan fingerprint density at radius 2 is 2.12 bits per heavy atom. The van der Waals surface area contributed by atoms with Crippen LogP contribution in [0.15, 0.2) is 42.6 Å². The van der Waals surface area contributed by atoms with Gasteiger partial charge in [-0.05, 0) is 0 Å². The van der Waals surface area contributed by atoms with Gasteiger partial charge in [0.15, 0.2) is 0 Å². The second-order valence-corrected chi connectivity index (χ2v) is 4.64. The first-order chi connectivity index (χ1) is 7.75. The summed E-state index contributed by atoms with van der Waals surface area (Å²) in [7, 11) is 0. The molecule has 3 heteroatoms. The summed E-state index contributed by atoms with van der Waals surface area (Å²) in [4.78, 5) is 4.22. The van der Waals surface area contributed by atoms with E-state index < -0.39 is 0 Å². The molecule has 80 valence electrons. The number of hydrogen-bond acceptors (Lipinski definition) is 2. The van der Waals surface area contributed by atoms with Crippen LogP contribution in [0.4, 0.5) is 0 Å². The fourth-order valence-corrected chi connectivity index (χ4v) is 1.78. The summed E-state index contributed by atoms with van der Waals surface area (Å²) < 4.78 is 6.88. The summed E-state index contributed by atoms with van der Waals surface area (Å²) in [6, 6.07) is 12.0. The number of pyridine rings is 1. The molecule has 0 unspecified atom stereocenters. The van der Waals surface area contributed by atoms with Gasteiger partial charge in [0.1, 0.15) is 0 Å². The third-order valence-electron chi connectivity index (χ3n) is 2.27. The van der Waals surface area contributed by atoms with Crippen molar-refractivity contribution in [1.82, 2.24) is 4.98 Å². The zero-order valence-corrected chi connectivity index (χ0v) is 10.9. The number of nitrogens with zero attached hydrogens (tertiary/aromatic N) is 1. The van der Waals surface area contributed by atoms with Crippen molar-refractivity contribution in [3.8, 4) is 5.75 Å². The molecule has 16 heavy (non-hydrogen) atoms. The van der Waals surface area contributed by atoms with Gasteiger partial charge in [-0.25, -0.2) is 0 Å². The normalized spacial score (nSPS) is 10.1. The average molecular weight is 273 g/mol. The molecule has 2 aromatic rings. The summed E-state index contributed by atoms with van der Waals surface area (Å²) in [6.45, 7) is 2.55. The van der Waals surface area contributed by atoms with E-state index in [2.05, 4.69) is 34.0 Å². The molecule has 0 saturated heterocycles. The van der Waals surface area contributed by atoms with Crippen molar-refractivity contribution in [1.29, 1.82) is 0 Å². The van der Waals surface area contributed by atoms with Crippen molar-refractivity contribution in [3.63, 3.8) is 0 Å². The molecule has 0 aliphatic rings. The second kappa shape index (κ2) is 5.18. The predicted octanol–water partition coefficient (Wildman–Crippen LogP) is 1.76. The summed E-state index contributed by atoms with van der Waals surface area (Å²) >= 11 is 2.52. The molecule has 1 aromatic carbocycles. The molecule has 0 aliphatic carbocycles. The molecule has 1 aromatic heterocycles. The van der Waals surface area contributed by atoms with E-state index in [4.69, 9.17) is 4.74 Å². The van der Waals surface area contributed by atoms with Crippen molar-refractivity contribution in [3.05, 3.63) is 53.9 Å². The fourth-order valence-electron chi connectivity index (χ4n) is 1.38. The predicted molar refractivity (Wildman–Crippen MR) is 65.1 cm³/mol. The van der Waals surface area contributed by atoms with E-state index in [1.165, 1.54) is 0 Å². The standard InChI is InChI=1S/C13H12AsNO/c1-10-5-6-11(14)8-13(10)16-9-12-4-2-3-7-15-12/h2-8H,9H2,1H3. The Bertz CT molecular complexity index is 471. The minimum atomic E-state index is 0.512. The van der Waals surface area contributed by atoms with Crippen molar-refractivity contribution in [2.24, 2.45) is 0 Å². The zero-order valence-electron chi connectivity index (χ0n) is 9.05. The van der Waals surface area contributed by atoms with Crippen molar-refractivity contribution in [2.75, 3.05) is 0 Å². The molecular weight excluding hydrogens is 261 g/mol. The topological polar surface area (TPSA) is 22.1 Å².